The van der Waals surface area contributed by atoms with E-state index in [0.29, 0.717) is 23.6 Å². The number of para-hydroxylation sites is 1. The summed E-state index contributed by atoms with van der Waals surface area (Å²) < 4.78 is 9.54. The molecule has 2 heterocycles. The maximum Gasteiger partial charge on any atom is 0.410 e. The van der Waals surface area contributed by atoms with Crippen LogP contribution in [0.15, 0.2) is 47.4 Å². The van der Waals surface area contributed by atoms with Gasteiger partial charge in [-0.15, -0.1) is 0 Å². The molecule has 0 saturated heterocycles. The number of benzene rings is 1. The number of amides is 1. The van der Waals surface area contributed by atoms with Gasteiger partial charge in [0.2, 0.25) is 0 Å². The first-order chi connectivity index (χ1) is 13.7. The van der Waals surface area contributed by atoms with E-state index in [1.807, 2.05) is 64.1 Å². The summed E-state index contributed by atoms with van der Waals surface area (Å²) in [5, 5.41) is 4.66. The van der Waals surface area contributed by atoms with Gasteiger partial charge in [-0.1, -0.05) is 25.1 Å². The molecular formula is C21H25IN4O3. The van der Waals surface area contributed by atoms with E-state index in [1.54, 1.807) is 20.2 Å². The number of hydrogen-bond acceptors (Lipinski definition) is 4. The second kappa shape index (κ2) is 8.56. The molecule has 0 unspecified atom stereocenters. The highest BCUT2D eigenvalue weighted by Gasteiger charge is 2.24. The van der Waals surface area contributed by atoms with Crippen molar-refractivity contribution in [3.05, 3.63) is 62.3 Å². The summed E-state index contributed by atoms with van der Waals surface area (Å²) in [6.07, 6.45) is 2.10. The number of carbonyl (C=O) groups is 1. The van der Waals surface area contributed by atoms with Crippen LogP contribution < -0.4 is 5.56 Å². The summed E-state index contributed by atoms with van der Waals surface area (Å²) in [5.74, 6) is 0.472. The first kappa shape index (κ1) is 21.4. The molecule has 0 aliphatic carbocycles. The smallest absolute Gasteiger partial charge is 0.410 e. The molecule has 154 valence electrons. The largest absolute Gasteiger partial charge is 0.444 e. The van der Waals surface area contributed by atoms with Crippen molar-refractivity contribution in [2.75, 3.05) is 6.54 Å². The number of rotatable bonds is 5. The van der Waals surface area contributed by atoms with Gasteiger partial charge in [0.15, 0.2) is 5.82 Å². The Balaban J connectivity index is 2.12. The molecule has 0 aliphatic rings. The lowest BCUT2D eigenvalue weighted by atomic mass is 10.2. The van der Waals surface area contributed by atoms with Gasteiger partial charge in [0.05, 0.1) is 12.2 Å². The van der Waals surface area contributed by atoms with Crippen LogP contribution in [0.5, 0.6) is 0 Å². The highest BCUT2D eigenvalue weighted by Crippen LogP contribution is 2.17. The average Bonchev–Trinajstić information content (AvgIpc) is 3.02. The summed E-state index contributed by atoms with van der Waals surface area (Å²) in [4.78, 5) is 27.7. The van der Waals surface area contributed by atoms with Crippen molar-refractivity contribution in [1.82, 2.24) is 19.1 Å². The first-order valence-corrected chi connectivity index (χ1v) is 10.6. The zero-order chi connectivity index (χ0) is 21.2. The van der Waals surface area contributed by atoms with Gasteiger partial charge in [0.25, 0.3) is 5.56 Å². The second-order valence-electron chi connectivity index (χ2n) is 7.75. The molecule has 3 aromatic rings. The van der Waals surface area contributed by atoms with E-state index in [0.717, 1.165) is 9.99 Å². The van der Waals surface area contributed by atoms with E-state index in [4.69, 9.17) is 4.74 Å². The molecule has 7 nitrogen and oxygen atoms in total. The van der Waals surface area contributed by atoms with Crippen LogP contribution in [-0.4, -0.2) is 37.3 Å². The van der Waals surface area contributed by atoms with Gasteiger partial charge in [-0.05, 0) is 68.0 Å². The molecule has 0 radical (unpaired) electrons. The summed E-state index contributed by atoms with van der Waals surface area (Å²) in [7, 11) is 0. The van der Waals surface area contributed by atoms with Crippen molar-refractivity contribution in [3.63, 3.8) is 0 Å². The Kier molecular flexibility index (Phi) is 6.30. The minimum atomic E-state index is -0.601. The number of nitrogens with zero attached hydrogens (tertiary/aromatic N) is 4. The lowest BCUT2D eigenvalue weighted by Crippen LogP contribution is -2.39. The molecule has 1 amide bonds. The molecular weight excluding hydrogens is 483 g/mol. The van der Waals surface area contributed by atoms with Crippen LogP contribution >= 0.6 is 22.6 Å². The summed E-state index contributed by atoms with van der Waals surface area (Å²) >= 11 is 2.13. The van der Waals surface area contributed by atoms with Crippen molar-refractivity contribution in [2.45, 2.75) is 46.3 Å². The molecule has 2 aromatic heterocycles. The van der Waals surface area contributed by atoms with Gasteiger partial charge in [-0.3, -0.25) is 9.36 Å². The molecule has 8 heteroatoms. The van der Waals surface area contributed by atoms with Crippen molar-refractivity contribution in [3.8, 4) is 5.69 Å². The van der Waals surface area contributed by atoms with Crippen molar-refractivity contribution < 1.29 is 9.53 Å². The van der Waals surface area contributed by atoms with E-state index in [1.165, 1.54) is 0 Å². The minimum absolute atomic E-state index is 0.164. The van der Waals surface area contributed by atoms with E-state index in [2.05, 4.69) is 27.7 Å². The summed E-state index contributed by atoms with van der Waals surface area (Å²) in [6, 6.07) is 11.2. The number of aromatic nitrogens is 3. The Bertz CT molecular complexity index is 1070. The number of hydrogen-bond donors (Lipinski definition) is 0. The third kappa shape index (κ3) is 4.80. The Morgan fingerprint density at radius 1 is 1.21 bits per heavy atom. The summed E-state index contributed by atoms with van der Waals surface area (Å²) in [5.41, 5.74) is 0.449. The lowest BCUT2D eigenvalue weighted by molar-refractivity contribution is 0.0226. The predicted octanol–water partition coefficient (Wildman–Crippen LogP) is 4.24. The van der Waals surface area contributed by atoms with E-state index in [9.17, 15) is 9.59 Å². The quantitative estimate of drug-likeness (QED) is 0.484. The monoisotopic (exact) mass is 508 g/mol. The van der Waals surface area contributed by atoms with Crippen LogP contribution in [0.2, 0.25) is 0 Å². The van der Waals surface area contributed by atoms with Gasteiger partial charge in [-0.25, -0.2) is 9.31 Å². The number of halogens is 1. The fourth-order valence-corrected chi connectivity index (χ4v) is 3.66. The first-order valence-electron chi connectivity index (χ1n) is 9.53. The lowest BCUT2D eigenvalue weighted by Gasteiger charge is -2.27. The number of carbonyl (C=O) groups excluding carboxylic acids is 1. The van der Waals surface area contributed by atoms with Crippen molar-refractivity contribution >= 4 is 34.2 Å². The van der Waals surface area contributed by atoms with Crippen LogP contribution in [0.1, 0.15) is 39.9 Å². The molecule has 0 bridgehead atoms. The predicted molar refractivity (Wildman–Crippen MR) is 120 cm³/mol. The van der Waals surface area contributed by atoms with Gasteiger partial charge < -0.3 is 9.64 Å². The van der Waals surface area contributed by atoms with Crippen LogP contribution in [0.3, 0.4) is 0 Å². The van der Waals surface area contributed by atoms with Crippen LogP contribution in [0, 0.1) is 3.57 Å². The molecule has 29 heavy (non-hydrogen) atoms. The second-order valence-corrected chi connectivity index (χ2v) is 8.91. The van der Waals surface area contributed by atoms with Crippen LogP contribution in [0.25, 0.3) is 11.2 Å². The molecule has 0 aliphatic heterocycles. The van der Waals surface area contributed by atoms with Gasteiger partial charge in [0.1, 0.15) is 11.1 Å². The Morgan fingerprint density at radius 3 is 2.52 bits per heavy atom. The third-order valence-corrected chi connectivity index (χ3v) is 5.07. The van der Waals surface area contributed by atoms with Crippen molar-refractivity contribution in [1.29, 1.82) is 0 Å². The number of fused-ring (bicyclic) bond motifs is 1. The Hall–Kier alpha value is -2.36. The molecule has 0 fully saturated rings. The van der Waals surface area contributed by atoms with Gasteiger partial charge in [0, 0.05) is 16.3 Å². The van der Waals surface area contributed by atoms with Gasteiger partial charge in [-0.2, -0.15) is 5.10 Å². The SMILES string of the molecule is CCCN(Cc1nn2ccc(I)c2c(=O)n1-c1ccccc1)C(=O)OC(C)(C)C. The van der Waals surface area contributed by atoms with Crippen molar-refractivity contribution in [2.24, 2.45) is 0 Å². The maximum absolute atomic E-state index is 13.3. The summed E-state index contributed by atoms with van der Waals surface area (Å²) in [6.45, 7) is 8.16. The van der Waals surface area contributed by atoms with E-state index in [-0.39, 0.29) is 12.1 Å². The third-order valence-electron chi connectivity index (χ3n) is 4.20. The minimum Gasteiger partial charge on any atom is -0.444 e. The fraction of sp³-hybridized carbons (Fsp3) is 0.381. The highest BCUT2D eigenvalue weighted by molar-refractivity contribution is 14.1. The topological polar surface area (TPSA) is 68.8 Å². The number of ether oxygens (including phenoxy) is 1. The Labute approximate surface area is 183 Å². The zero-order valence-corrected chi connectivity index (χ0v) is 19.2. The standard InChI is InChI=1S/C21H25IN4O3/c1-5-12-24(20(28)29-21(2,3)4)14-17-23-25-13-11-16(22)18(25)19(27)26(17)15-9-7-6-8-10-15/h6-11,13H,5,12,14H2,1-4H3. The molecule has 0 spiro atoms. The molecule has 0 N–H and O–H groups in total. The van der Waals surface area contributed by atoms with E-state index < -0.39 is 11.7 Å². The molecule has 0 atom stereocenters. The Morgan fingerprint density at radius 2 is 1.90 bits per heavy atom. The molecule has 0 saturated carbocycles. The van der Waals surface area contributed by atoms with Crippen LogP contribution in [-0.2, 0) is 11.3 Å². The fourth-order valence-electron chi connectivity index (χ4n) is 3.02. The molecule has 1 aromatic carbocycles. The maximum atomic E-state index is 13.3. The molecule has 3 rings (SSSR count). The highest BCUT2D eigenvalue weighted by atomic mass is 127. The van der Waals surface area contributed by atoms with Crippen LogP contribution in [0.4, 0.5) is 4.79 Å². The van der Waals surface area contributed by atoms with E-state index >= 15 is 0 Å². The average molecular weight is 508 g/mol. The zero-order valence-electron chi connectivity index (χ0n) is 17.1. The normalized spacial score (nSPS) is 11.6. The van der Waals surface area contributed by atoms with Gasteiger partial charge >= 0.3 is 6.09 Å².